The number of para-hydroxylation sites is 3. The van der Waals surface area contributed by atoms with Crippen molar-refractivity contribution in [1.82, 2.24) is 9.55 Å². The Bertz CT molecular complexity index is 1100. The molecule has 0 atom stereocenters. The molecule has 26 heavy (non-hydrogen) atoms. The Kier molecular flexibility index (Phi) is 4.90. The first-order chi connectivity index (χ1) is 12.5. The van der Waals surface area contributed by atoms with Crippen LogP contribution in [0.3, 0.4) is 0 Å². The van der Waals surface area contributed by atoms with Crippen molar-refractivity contribution in [3.63, 3.8) is 0 Å². The summed E-state index contributed by atoms with van der Waals surface area (Å²) in [6.07, 6.45) is 1.17. The number of H-pyrrole nitrogens is 1. The minimum Gasteiger partial charge on any atom is -0.494 e. The molecule has 2 aromatic carbocycles. The van der Waals surface area contributed by atoms with Gasteiger partial charge in [0.05, 0.1) is 17.8 Å². The van der Waals surface area contributed by atoms with E-state index in [1.807, 2.05) is 0 Å². The molecule has 0 amide bonds. The van der Waals surface area contributed by atoms with Gasteiger partial charge in [-0.25, -0.2) is 9.36 Å². The van der Waals surface area contributed by atoms with Gasteiger partial charge in [-0.15, -0.1) is 0 Å². The second-order valence-corrected chi connectivity index (χ2v) is 5.62. The number of aromatic amines is 1. The van der Waals surface area contributed by atoms with Crippen molar-refractivity contribution in [3.05, 3.63) is 80.0 Å². The molecule has 0 aliphatic rings. The molecule has 1 heterocycles. The summed E-state index contributed by atoms with van der Waals surface area (Å²) in [5.41, 5.74) is -1.07. The Morgan fingerprint density at radius 2 is 1.85 bits per heavy atom. The van der Waals surface area contributed by atoms with E-state index in [0.717, 1.165) is 4.57 Å². The highest BCUT2D eigenvalue weighted by Crippen LogP contribution is 2.27. The number of nitrogens with one attached hydrogen (secondary N) is 1. The molecule has 0 fully saturated rings. The van der Waals surface area contributed by atoms with Crippen LogP contribution in [0.25, 0.3) is 5.69 Å². The fraction of sp³-hybridized carbons (Fsp3) is 0.0556. The van der Waals surface area contributed by atoms with Crippen molar-refractivity contribution in [2.24, 2.45) is 4.99 Å². The number of rotatable bonds is 4. The number of halogens is 1. The number of nitrogens with zero attached hydrogens (tertiary/aromatic N) is 2. The highest BCUT2D eigenvalue weighted by molar-refractivity contribution is 6.32. The molecule has 8 heteroatoms. The third-order valence-corrected chi connectivity index (χ3v) is 3.95. The predicted octanol–water partition coefficient (Wildman–Crippen LogP) is 2.64. The van der Waals surface area contributed by atoms with E-state index in [2.05, 4.69) is 9.98 Å². The lowest BCUT2D eigenvalue weighted by molar-refractivity contribution is 0.416. The van der Waals surface area contributed by atoms with Crippen LogP contribution in [0.15, 0.2) is 63.1 Å². The summed E-state index contributed by atoms with van der Waals surface area (Å²) in [6, 6.07) is 13.4. The van der Waals surface area contributed by atoms with Gasteiger partial charge in [0.15, 0.2) is 0 Å². The quantitative estimate of drug-likeness (QED) is 0.689. The van der Waals surface area contributed by atoms with Crippen LogP contribution in [0, 0.1) is 0 Å². The summed E-state index contributed by atoms with van der Waals surface area (Å²) in [4.78, 5) is 30.6. The first kappa shape index (κ1) is 17.5. The maximum absolute atomic E-state index is 12.2. The number of aromatic nitrogens is 2. The summed E-state index contributed by atoms with van der Waals surface area (Å²) < 4.78 is 6.10. The molecule has 0 bridgehead atoms. The molecular formula is C18H14ClN3O4. The smallest absolute Gasteiger partial charge is 0.335 e. The minimum atomic E-state index is -0.810. The molecule has 7 nitrogen and oxygen atoms in total. The SMILES string of the molecule is COc1ccccc1N=Cc1c(O)n(-c2ccccc2Cl)c(=O)[nH]c1=O. The van der Waals surface area contributed by atoms with Crippen molar-refractivity contribution < 1.29 is 9.84 Å². The van der Waals surface area contributed by atoms with E-state index < -0.39 is 17.1 Å². The lowest BCUT2D eigenvalue weighted by Gasteiger charge is -2.11. The number of hydrogen-bond acceptors (Lipinski definition) is 5. The van der Waals surface area contributed by atoms with Crippen molar-refractivity contribution >= 4 is 23.5 Å². The largest absolute Gasteiger partial charge is 0.494 e. The Morgan fingerprint density at radius 3 is 2.58 bits per heavy atom. The number of aliphatic imine (C=N–C) groups is 1. The van der Waals surface area contributed by atoms with Crippen LogP contribution < -0.4 is 16.0 Å². The van der Waals surface area contributed by atoms with Crippen molar-refractivity contribution in [1.29, 1.82) is 0 Å². The zero-order chi connectivity index (χ0) is 18.7. The van der Waals surface area contributed by atoms with Crippen molar-refractivity contribution in [2.75, 3.05) is 7.11 Å². The van der Waals surface area contributed by atoms with Gasteiger partial charge in [0.2, 0.25) is 5.88 Å². The van der Waals surface area contributed by atoms with E-state index in [1.165, 1.54) is 13.3 Å². The normalized spacial score (nSPS) is 11.0. The summed E-state index contributed by atoms with van der Waals surface area (Å²) in [5, 5.41) is 10.7. The molecule has 3 aromatic rings. The highest BCUT2D eigenvalue weighted by Gasteiger charge is 2.16. The lowest BCUT2D eigenvalue weighted by atomic mass is 10.2. The fourth-order valence-corrected chi connectivity index (χ4v) is 2.60. The highest BCUT2D eigenvalue weighted by atomic mass is 35.5. The van der Waals surface area contributed by atoms with E-state index in [4.69, 9.17) is 16.3 Å². The van der Waals surface area contributed by atoms with Gasteiger partial charge in [-0.3, -0.25) is 14.8 Å². The van der Waals surface area contributed by atoms with E-state index in [9.17, 15) is 14.7 Å². The van der Waals surface area contributed by atoms with Crippen LogP contribution in [-0.2, 0) is 0 Å². The monoisotopic (exact) mass is 371 g/mol. The summed E-state index contributed by atoms with van der Waals surface area (Å²) in [5.74, 6) is -0.0652. The summed E-state index contributed by atoms with van der Waals surface area (Å²) in [7, 11) is 1.50. The molecule has 0 aliphatic heterocycles. The van der Waals surface area contributed by atoms with Crippen molar-refractivity contribution in [2.45, 2.75) is 0 Å². The van der Waals surface area contributed by atoms with Crippen LogP contribution in [0.5, 0.6) is 11.6 Å². The molecule has 1 aromatic heterocycles. The molecule has 0 spiro atoms. The fourth-order valence-electron chi connectivity index (χ4n) is 2.38. The average molecular weight is 372 g/mol. The lowest BCUT2D eigenvalue weighted by Crippen LogP contribution is -2.31. The van der Waals surface area contributed by atoms with E-state index in [0.29, 0.717) is 11.4 Å². The van der Waals surface area contributed by atoms with Crippen LogP contribution >= 0.6 is 11.6 Å². The maximum Gasteiger partial charge on any atom is 0.335 e. The topological polar surface area (TPSA) is 96.7 Å². The molecule has 0 saturated heterocycles. The Morgan fingerprint density at radius 1 is 1.15 bits per heavy atom. The van der Waals surface area contributed by atoms with E-state index in [-0.39, 0.29) is 16.3 Å². The van der Waals surface area contributed by atoms with E-state index >= 15 is 0 Å². The van der Waals surface area contributed by atoms with Crippen LogP contribution in [-0.4, -0.2) is 28.0 Å². The Labute approximate surface area is 152 Å². The van der Waals surface area contributed by atoms with Gasteiger partial charge in [-0.2, -0.15) is 0 Å². The first-order valence-electron chi connectivity index (χ1n) is 7.53. The third-order valence-electron chi connectivity index (χ3n) is 3.63. The van der Waals surface area contributed by atoms with Crippen molar-refractivity contribution in [3.8, 4) is 17.3 Å². The molecule has 132 valence electrons. The van der Waals surface area contributed by atoms with E-state index in [1.54, 1.807) is 48.5 Å². The van der Waals surface area contributed by atoms with Gasteiger partial charge < -0.3 is 9.84 Å². The Balaban J connectivity index is 2.16. The van der Waals surface area contributed by atoms with Crippen LogP contribution in [0.1, 0.15) is 5.56 Å². The van der Waals surface area contributed by atoms with Gasteiger partial charge in [0, 0.05) is 6.21 Å². The Hall–Kier alpha value is -3.32. The summed E-state index contributed by atoms with van der Waals surface area (Å²) >= 11 is 6.09. The van der Waals surface area contributed by atoms with Gasteiger partial charge in [0.25, 0.3) is 5.56 Å². The van der Waals surface area contributed by atoms with Gasteiger partial charge >= 0.3 is 5.69 Å². The number of aromatic hydroxyl groups is 1. The summed E-state index contributed by atoms with van der Waals surface area (Å²) in [6.45, 7) is 0. The number of benzene rings is 2. The maximum atomic E-state index is 12.2. The number of methoxy groups -OCH3 is 1. The standard InChI is InChI=1S/C18H14ClN3O4/c1-26-15-9-5-3-7-13(15)20-10-11-16(23)21-18(25)22(17(11)24)14-8-4-2-6-12(14)19/h2-10,24H,1H3,(H,21,23,25). The number of hydrogen-bond donors (Lipinski definition) is 2. The van der Waals surface area contributed by atoms with Gasteiger partial charge in [0.1, 0.15) is 17.0 Å². The van der Waals surface area contributed by atoms with Crippen LogP contribution in [0.4, 0.5) is 5.69 Å². The molecule has 0 unspecified atom stereocenters. The molecule has 3 rings (SSSR count). The second-order valence-electron chi connectivity index (χ2n) is 5.21. The average Bonchev–Trinajstić information content (AvgIpc) is 2.63. The van der Waals surface area contributed by atoms with Gasteiger partial charge in [-0.05, 0) is 24.3 Å². The molecular weight excluding hydrogens is 358 g/mol. The zero-order valence-corrected chi connectivity index (χ0v) is 14.4. The van der Waals surface area contributed by atoms with Crippen LogP contribution in [0.2, 0.25) is 5.02 Å². The third kappa shape index (κ3) is 3.25. The minimum absolute atomic E-state index is 0.185. The molecule has 2 N–H and O–H groups in total. The van der Waals surface area contributed by atoms with Gasteiger partial charge in [-0.1, -0.05) is 35.9 Å². The zero-order valence-electron chi connectivity index (χ0n) is 13.6. The molecule has 0 saturated carbocycles. The predicted molar refractivity (Wildman–Crippen MR) is 99.6 cm³/mol. The first-order valence-corrected chi connectivity index (χ1v) is 7.91. The second kappa shape index (κ2) is 7.28. The molecule has 0 radical (unpaired) electrons. The molecule has 0 aliphatic carbocycles. The number of ether oxygens (including phenoxy) is 1.